The van der Waals surface area contributed by atoms with Crippen LogP contribution in [0.4, 0.5) is 14.5 Å². The lowest BCUT2D eigenvalue weighted by atomic mass is 10.2. The first-order valence-electron chi connectivity index (χ1n) is 7.08. The maximum atomic E-state index is 12.2. The van der Waals surface area contributed by atoms with Crippen molar-refractivity contribution < 1.29 is 18.3 Å². The summed E-state index contributed by atoms with van der Waals surface area (Å²) in [5.74, 6) is 0.259. The van der Waals surface area contributed by atoms with E-state index in [1.807, 2.05) is 37.3 Å². The lowest BCUT2D eigenvalue weighted by Gasteiger charge is -2.13. The molecule has 1 atom stereocenters. The Kier molecular flexibility index (Phi) is 6.40. The van der Waals surface area contributed by atoms with Gasteiger partial charge in [-0.05, 0) is 24.3 Å². The lowest BCUT2D eigenvalue weighted by molar-refractivity contribution is -0.118. The van der Waals surface area contributed by atoms with Crippen LogP contribution in [-0.4, -0.2) is 18.3 Å². The number of alkyl halides is 2. The van der Waals surface area contributed by atoms with E-state index in [1.54, 1.807) is 23.9 Å². The Labute approximate surface area is 138 Å². The Hall–Kier alpha value is -2.08. The van der Waals surface area contributed by atoms with Gasteiger partial charge in [0.15, 0.2) is 0 Å². The van der Waals surface area contributed by atoms with Crippen molar-refractivity contribution in [1.82, 2.24) is 0 Å². The SMILES string of the molecule is CC(CSc1ccccc1)C(=O)Nc1cccc(OC(F)F)c1. The molecular formula is C17H17F2NO2S. The van der Waals surface area contributed by atoms with Gasteiger partial charge in [0.2, 0.25) is 5.91 Å². The molecule has 0 heterocycles. The van der Waals surface area contributed by atoms with Gasteiger partial charge >= 0.3 is 6.61 Å². The Morgan fingerprint density at radius 1 is 1.17 bits per heavy atom. The number of thioether (sulfide) groups is 1. The summed E-state index contributed by atoms with van der Waals surface area (Å²) in [6.07, 6.45) is 0. The fourth-order valence-corrected chi connectivity index (χ4v) is 2.77. The van der Waals surface area contributed by atoms with Crippen LogP contribution in [0, 0.1) is 5.92 Å². The van der Waals surface area contributed by atoms with Crippen LogP contribution in [-0.2, 0) is 4.79 Å². The minimum Gasteiger partial charge on any atom is -0.435 e. The van der Waals surface area contributed by atoms with Crippen molar-refractivity contribution in [1.29, 1.82) is 0 Å². The van der Waals surface area contributed by atoms with Gasteiger partial charge in [-0.15, -0.1) is 11.8 Å². The Bertz CT molecular complexity index is 638. The molecule has 2 aromatic rings. The molecule has 1 unspecified atom stereocenters. The molecular weight excluding hydrogens is 320 g/mol. The van der Waals surface area contributed by atoms with Crippen molar-refractivity contribution in [3.63, 3.8) is 0 Å². The minimum absolute atomic E-state index is 0.0177. The largest absolute Gasteiger partial charge is 0.435 e. The van der Waals surface area contributed by atoms with Crippen molar-refractivity contribution in [3.8, 4) is 5.75 Å². The highest BCUT2D eigenvalue weighted by atomic mass is 32.2. The highest BCUT2D eigenvalue weighted by Gasteiger charge is 2.14. The van der Waals surface area contributed by atoms with Crippen LogP contribution in [0.15, 0.2) is 59.5 Å². The second-order valence-corrected chi connectivity index (χ2v) is 6.01. The molecule has 1 amide bonds. The number of hydrogen-bond donors (Lipinski definition) is 1. The third-order valence-electron chi connectivity index (χ3n) is 3.02. The minimum atomic E-state index is -2.89. The van der Waals surface area contributed by atoms with Crippen molar-refractivity contribution in [2.45, 2.75) is 18.4 Å². The van der Waals surface area contributed by atoms with E-state index in [2.05, 4.69) is 10.1 Å². The molecule has 0 saturated heterocycles. The predicted octanol–water partition coefficient (Wildman–Crippen LogP) is 4.65. The van der Waals surface area contributed by atoms with Crippen LogP contribution in [0.2, 0.25) is 0 Å². The number of carbonyl (C=O) groups excluding carboxylic acids is 1. The highest BCUT2D eigenvalue weighted by molar-refractivity contribution is 7.99. The zero-order chi connectivity index (χ0) is 16.7. The lowest BCUT2D eigenvalue weighted by Crippen LogP contribution is -2.22. The van der Waals surface area contributed by atoms with E-state index in [9.17, 15) is 13.6 Å². The number of rotatable bonds is 7. The molecule has 0 aromatic heterocycles. The average molecular weight is 337 g/mol. The van der Waals surface area contributed by atoms with E-state index >= 15 is 0 Å². The van der Waals surface area contributed by atoms with Crippen LogP contribution in [0.1, 0.15) is 6.92 Å². The maximum absolute atomic E-state index is 12.2. The highest BCUT2D eigenvalue weighted by Crippen LogP contribution is 2.22. The third kappa shape index (κ3) is 5.90. The average Bonchev–Trinajstić information content (AvgIpc) is 2.53. The fourth-order valence-electron chi connectivity index (χ4n) is 1.83. The van der Waals surface area contributed by atoms with Crippen molar-refractivity contribution in [2.24, 2.45) is 5.92 Å². The Balaban J connectivity index is 1.88. The maximum Gasteiger partial charge on any atom is 0.387 e. The van der Waals surface area contributed by atoms with E-state index in [4.69, 9.17) is 0 Å². The molecule has 122 valence electrons. The molecule has 0 aliphatic carbocycles. The Morgan fingerprint density at radius 2 is 1.91 bits per heavy atom. The van der Waals surface area contributed by atoms with Crippen LogP contribution in [0.25, 0.3) is 0 Å². The normalized spacial score (nSPS) is 12.0. The molecule has 6 heteroatoms. The van der Waals surface area contributed by atoms with Gasteiger partial charge < -0.3 is 10.1 Å². The third-order valence-corrected chi connectivity index (χ3v) is 4.29. The summed E-state index contributed by atoms with van der Waals surface area (Å²) in [6.45, 7) is -1.06. The molecule has 1 N–H and O–H groups in total. The van der Waals surface area contributed by atoms with Crippen LogP contribution >= 0.6 is 11.8 Å². The fraction of sp³-hybridized carbons (Fsp3) is 0.235. The first-order chi connectivity index (χ1) is 11.0. The van der Waals surface area contributed by atoms with E-state index in [-0.39, 0.29) is 17.6 Å². The standard InChI is InChI=1S/C17H17F2NO2S/c1-12(11-23-15-8-3-2-4-9-15)16(21)20-13-6-5-7-14(10-13)22-17(18)19/h2-10,12,17H,11H2,1H3,(H,20,21). The molecule has 0 aliphatic heterocycles. The van der Waals surface area contributed by atoms with Crippen molar-refractivity contribution >= 4 is 23.4 Å². The molecule has 23 heavy (non-hydrogen) atoms. The van der Waals surface area contributed by atoms with Gasteiger partial charge in [0.05, 0.1) is 0 Å². The topological polar surface area (TPSA) is 38.3 Å². The van der Waals surface area contributed by atoms with Gasteiger partial charge in [-0.3, -0.25) is 4.79 Å². The molecule has 2 rings (SSSR count). The van der Waals surface area contributed by atoms with Crippen LogP contribution in [0.3, 0.4) is 0 Å². The van der Waals surface area contributed by atoms with Gasteiger partial charge in [-0.25, -0.2) is 0 Å². The number of benzene rings is 2. The molecule has 0 spiro atoms. The summed E-state index contributed by atoms with van der Waals surface area (Å²) >= 11 is 1.59. The second kappa shape index (κ2) is 8.53. The van der Waals surface area contributed by atoms with E-state index in [1.165, 1.54) is 12.1 Å². The zero-order valence-electron chi connectivity index (χ0n) is 12.5. The second-order valence-electron chi connectivity index (χ2n) is 4.92. The summed E-state index contributed by atoms with van der Waals surface area (Å²) in [6, 6.07) is 15.8. The number of nitrogens with one attached hydrogen (secondary N) is 1. The number of halogens is 2. The van der Waals surface area contributed by atoms with Crippen LogP contribution in [0.5, 0.6) is 5.75 Å². The van der Waals surface area contributed by atoms with E-state index < -0.39 is 6.61 Å². The first-order valence-corrected chi connectivity index (χ1v) is 8.07. The number of hydrogen-bond acceptors (Lipinski definition) is 3. The molecule has 2 aromatic carbocycles. The molecule has 0 fully saturated rings. The number of amides is 1. The first kappa shape index (κ1) is 17.3. The van der Waals surface area contributed by atoms with Crippen molar-refractivity contribution in [3.05, 3.63) is 54.6 Å². The molecule has 3 nitrogen and oxygen atoms in total. The monoisotopic (exact) mass is 337 g/mol. The van der Waals surface area contributed by atoms with Gasteiger partial charge in [-0.2, -0.15) is 8.78 Å². The van der Waals surface area contributed by atoms with E-state index in [0.29, 0.717) is 11.4 Å². The number of carbonyl (C=O) groups is 1. The van der Waals surface area contributed by atoms with Gasteiger partial charge in [-0.1, -0.05) is 31.2 Å². The smallest absolute Gasteiger partial charge is 0.387 e. The molecule has 0 bridgehead atoms. The molecule has 0 radical (unpaired) electrons. The summed E-state index contributed by atoms with van der Waals surface area (Å²) < 4.78 is 28.7. The Morgan fingerprint density at radius 3 is 2.61 bits per heavy atom. The van der Waals surface area contributed by atoms with Crippen molar-refractivity contribution in [2.75, 3.05) is 11.1 Å². The summed E-state index contributed by atoms with van der Waals surface area (Å²) in [4.78, 5) is 13.3. The van der Waals surface area contributed by atoms with Gasteiger partial charge in [0.1, 0.15) is 5.75 Å². The summed E-state index contributed by atoms with van der Waals surface area (Å²) in [5, 5.41) is 2.71. The zero-order valence-corrected chi connectivity index (χ0v) is 13.4. The quantitative estimate of drug-likeness (QED) is 0.747. The predicted molar refractivity (Wildman–Crippen MR) is 88.0 cm³/mol. The number of anilines is 1. The summed E-state index contributed by atoms with van der Waals surface area (Å²) in [5.41, 5.74) is 0.435. The molecule has 0 saturated carbocycles. The molecule has 0 aliphatic rings. The van der Waals surface area contributed by atoms with Gasteiger partial charge in [0, 0.05) is 28.3 Å². The van der Waals surface area contributed by atoms with Gasteiger partial charge in [0.25, 0.3) is 0 Å². The number of ether oxygens (including phenoxy) is 1. The van der Waals surface area contributed by atoms with Crippen LogP contribution < -0.4 is 10.1 Å². The van der Waals surface area contributed by atoms with E-state index in [0.717, 1.165) is 4.90 Å². The summed E-state index contributed by atoms with van der Waals surface area (Å²) in [7, 11) is 0.